The van der Waals surface area contributed by atoms with E-state index in [-0.39, 0.29) is 0 Å². The van der Waals surface area contributed by atoms with Gasteiger partial charge in [0.15, 0.2) is 11.2 Å². The molecule has 0 saturated carbocycles. The average molecular weight is 313 g/mol. The molecule has 17 heavy (non-hydrogen) atoms. The second kappa shape index (κ2) is 5.39. The van der Waals surface area contributed by atoms with Crippen molar-refractivity contribution in [3.63, 3.8) is 0 Å². The first kappa shape index (κ1) is 12.2. The normalized spacial score (nSPS) is 12.1. The van der Waals surface area contributed by atoms with Gasteiger partial charge in [-0.1, -0.05) is 41.7 Å². The molecule has 0 spiro atoms. The molecule has 2 rings (SSSR count). The third-order valence-corrected chi connectivity index (χ3v) is 3.46. The highest BCUT2D eigenvalue weighted by molar-refractivity contribution is 9.11. The van der Waals surface area contributed by atoms with Crippen molar-refractivity contribution in [2.24, 2.45) is 0 Å². The number of amides is 1. The molecule has 4 nitrogen and oxygen atoms in total. The first-order chi connectivity index (χ1) is 8.16. The van der Waals surface area contributed by atoms with Gasteiger partial charge in [0.1, 0.15) is 0 Å². The maximum absolute atomic E-state index is 11.7. The quantitative estimate of drug-likeness (QED) is 0.915. The van der Waals surface area contributed by atoms with Gasteiger partial charge in [-0.25, -0.2) is 4.98 Å². The van der Waals surface area contributed by atoms with Crippen LogP contribution in [-0.4, -0.2) is 16.0 Å². The summed E-state index contributed by atoms with van der Waals surface area (Å²) in [5, 5.41) is 12.8. The molecular weight excluding hydrogens is 304 g/mol. The van der Waals surface area contributed by atoms with Gasteiger partial charge in [0, 0.05) is 0 Å². The fraction of sp³-hybridized carbons (Fsp3) is 0.0909. The zero-order valence-corrected chi connectivity index (χ0v) is 11.0. The highest BCUT2D eigenvalue weighted by Crippen LogP contribution is 2.24. The first-order valence-corrected chi connectivity index (χ1v) is 6.43. The Kier molecular flexibility index (Phi) is 3.88. The number of hydrogen-bond acceptors (Lipinski definition) is 4. The number of anilines is 1. The lowest BCUT2D eigenvalue weighted by Gasteiger charge is -2.09. The van der Waals surface area contributed by atoms with Crippen LogP contribution in [0, 0.1) is 0 Å². The molecular formula is C11H9BrN2O2S. The van der Waals surface area contributed by atoms with Crippen LogP contribution in [0.3, 0.4) is 0 Å². The Bertz CT molecular complexity index is 515. The number of carbonyl (C=O) groups excluding carboxylic acids is 1. The van der Waals surface area contributed by atoms with E-state index in [1.54, 1.807) is 30.5 Å². The molecule has 88 valence electrons. The fourth-order valence-electron chi connectivity index (χ4n) is 1.27. The second-order valence-electron chi connectivity index (χ2n) is 3.27. The molecule has 2 N–H and O–H groups in total. The van der Waals surface area contributed by atoms with Crippen molar-refractivity contribution in [3.05, 3.63) is 45.9 Å². The Morgan fingerprint density at radius 2 is 2.12 bits per heavy atom. The van der Waals surface area contributed by atoms with Crippen molar-refractivity contribution in [3.8, 4) is 0 Å². The molecule has 0 aliphatic carbocycles. The molecule has 1 amide bonds. The maximum Gasteiger partial charge on any atom is 0.259 e. The second-order valence-corrected chi connectivity index (χ2v) is 5.68. The average Bonchev–Trinajstić information content (AvgIpc) is 2.75. The number of halogens is 1. The minimum Gasteiger partial charge on any atom is -0.378 e. The zero-order chi connectivity index (χ0) is 12.3. The number of nitrogens with zero attached hydrogens (tertiary/aromatic N) is 1. The van der Waals surface area contributed by atoms with Crippen molar-refractivity contribution in [2.45, 2.75) is 6.10 Å². The van der Waals surface area contributed by atoms with E-state index in [1.807, 2.05) is 6.07 Å². The SMILES string of the molecule is O=C(Nc1ncc(Br)s1)C(O)c1ccccc1. The number of hydrogen-bond donors (Lipinski definition) is 2. The van der Waals surface area contributed by atoms with Crippen LogP contribution in [0.1, 0.15) is 11.7 Å². The molecule has 1 heterocycles. The summed E-state index contributed by atoms with van der Waals surface area (Å²) < 4.78 is 0.821. The lowest BCUT2D eigenvalue weighted by atomic mass is 10.1. The highest BCUT2D eigenvalue weighted by atomic mass is 79.9. The molecule has 6 heteroatoms. The lowest BCUT2D eigenvalue weighted by molar-refractivity contribution is -0.124. The summed E-state index contributed by atoms with van der Waals surface area (Å²) in [7, 11) is 0. The number of thiazole rings is 1. The van der Waals surface area contributed by atoms with Crippen LogP contribution < -0.4 is 5.32 Å². The molecule has 1 unspecified atom stereocenters. The van der Waals surface area contributed by atoms with Crippen LogP contribution >= 0.6 is 27.3 Å². The van der Waals surface area contributed by atoms with Gasteiger partial charge in [0.05, 0.1) is 9.98 Å². The number of aliphatic hydroxyl groups is 1. The summed E-state index contributed by atoms with van der Waals surface area (Å²) in [5.74, 6) is -0.488. The van der Waals surface area contributed by atoms with Gasteiger partial charge in [0.2, 0.25) is 0 Å². The van der Waals surface area contributed by atoms with Crippen LogP contribution in [0.25, 0.3) is 0 Å². The minimum absolute atomic E-state index is 0.455. The van der Waals surface area contributed by atoms with E-state index in [0.29, 0.717) is 10.7 Å². The molecule has 2 aromatic rings. The van der Waals surface area contributed by atoms with E-state index >= 15 is 0 Å². The standard InChI is InChI=1S/C11H9BrN2O2S/c12-8-6-13-11(17-8)14-10(16)9(15)7-4-2-1-3-5-7/h1-6,9,15H,(H,13,14,16). The van der Waals surface area contributed by atoms with Gasteiger partial charge < -0.3 is 5.11 Å². The van der Waals surface area contributed by atoms with Crippen LogP contribution in [-0.2, 0) is 4.79 Å². The van der Waals surface area contributed by atoms with Crippen LogP contribution in [0.5, 0.6) is 0 Å². The predicted molar refractivity (Wildman–Crippen MR) is 69.8 cm³/mol. The molecule has 0 bridgehead atoms. The topological polar surface area (TPSA) is 62.2 Å². The molecule has 1 aromatic heterocycles. The molecule has 0 aliphatic rings. The Balaban J connectivity index is 2.06. The van der Waals surface area contributed by atoms with Crippen molar-refractivity contribution >= 4 is 38.3 Å². The van der Waals surface area contributed by atoms with Gasteiger partial charge >= 0.3 is 0 Å². The van der Waals surface area contributed by atoms with Crippen molar-refractivity contribution in [1.29, 1.82) is 0 Å². The number of carbonyl (C=O) groups is 1. The smallest absolute Gasteiger partial charge is 0.259 e. The molecule has 0 aliphatic heterocycles. The van der Waals surface area contributed by atoms with Crippen LogP contribution in [0.2, 0.25) is 0 Å². The van der Waals surface area contributed by atoms with Gasteiger partial charge in [-0.15, -0.1) is 0 Å². The third kappa shape index (κ3) is 3.12. The number of benzene rings is 1. The summed E-state index contributed by atoms with van der Waals surface area (Å²) >= 11 is 4.54. The van der Waals surface area contributed by atoms with E-state index in [0.717, 1.165) is 3.79 Å². The summed E-state index contributed by atoms with van der Waals surface area (Å²) in [6.45, 7) is 0. The summed E-state index contributed by atoms with van der Waals surface area (Å²) in [6.07, 6.45) is 0.411. The van der Waals surface area contributed by atoms with Crippen molar-refractivity contribution in [2.75, 3.05) is 5.32 Å². The maximum atomic E-state index is 11.7. The summed E-state index contributed by atoms with van der Waals surface area (Å²) in [4.78, 5) is 15.7. The Morgan fingerprint density at radius 1 is 1.41 bits per heavy atom. The Labute approximate surface area is 110 Å². The van der Waals surface area contributed by atoms with Crippen LogP contribution in [0.4, 0.5) is 5.13 Å². The van der Waals surface area contributed by atoms with Crippen molar-refractivity contribution < 1.29 is 9.90 Å². The molecule has 0 fully saturated rings. The number of aromatic nitrogens is 1. The number of nitrogens with one attached hydrogen (secondary N) is 1. The monoisotopic (exact) mass is 312 g/mol. The third-order valence-electron chi connectivity index (χ3n) is 2.07. The molecule has 1 aromatic carbocycles. The molecule has 0 radical (unpaired) electrons. The summed E-state index contributed by atoms with van der Waals surface area (Å²) in [6, 6.07) is 8.76. The summed E-state index contributed by atoms with van der Waals surface area (Å²) in [5.41, 5.74) is 0.556. The fourth-order valence-corrected chi connectivity index (χ4v) is 2.38. The van der Waals surface area contributed by atoms with E-state index in [2.05, 4.69) is 26.2 Å². The van der Waals surface area contributed by atoms with E-state index < -0.39 is 12.0 Å². The molecule has 1 atom stereocenters. The number of rotatable bonds is 3. The van der Waals surface area contributed by atoms with E-state index in [1.165, 1.54) is 11.3 Å². The largest absolute Gasteiger partial charge is 0.378 e. The van der Waals surface area contributed by atoms with Gasteiger partial charge in [-0.3, -0.25) is 10.1 Å². The number of aliphatic hydroxyl groups excluding tert-OH is 1. The zero-order valence-electron chi connectivity index (χ0n) is 8.63. The van der Waals surface area contributed by atoms with Crippen LogP contribution in [0.15, 0.2) is 40.3 Å². The van der Waals surface area contributed by atoms with Gasteiger partial charge in [-0.2, -0.15) is 0 Å². The van der Waals surface area contributed by atoms with Crippen molar-refractivity contribution in [1.82, 2.24) is 4.98 Å². The predicted octanol–water partition coefficient (Wildman–Crippen LogP) is 2.58. The lowest BCUT2D eigenvalue weighted by Crippen LogP contribution is -2.20. The Hall–Kier alpha value is -1.24. The highest BCUT2D eigenvalue weighted by Gasteiger charge is 2.17. The Morgan fingerprint density at radius 3 is 2.71 bits per heavy atom. The minimum atomic E-state index is -1.18. The molecule has 0 saturated heterocycles. The van der Waals surface area contributed by atoms with E-state index in [4.69, 9.17) is 0 Å². The van der Waals surface area contributed by atoms with Gasteiger partial charge in [0.25, 0.3) is 5.91 Å². The van der Waals surface area contributed by atoms with E-state index in [9.17, 15) is 9.90 Å². The first-order valence-electron chi connectivity index (χ1n) is 4.82. The van der Waals surface area contributed by atoms with Gasteiger partial charge in [-0.05, 0) is 21.5 Å².